The van der Waals surface area contributed by atoms with E-state index in [0.717, 1.165) is 29.7 Å². The van der Waals surface area contributed by atoms with Gasteiger partial charge in [0.1, 0.15) is 24.2 Å². The standard InChI is InChI=1S/C39H51Cl2N5O6/c1-5-23(3)32(35(47)42-21-25-15-18-51-19-16-25)44-37(49)39(17-14-30-27(20-39)31-28(40)12-13-29(41)34(31)43-30)46-36(48)33(24(4)6-2)45-38(50)52-22-26-10-8-7-9-11-26/h7-13,23-25,32-33,43H,5-6,14-22H2,1-4H3,(H,42,47)(H,44,49)(H,45,50)(H,46,48)/t23?,24?,32-,33-,39+/m0/s1. The van der Waals surface area contributed by atoms with Crippen molar-refractivity contribution in [3.05, 3.63) is 69.3 Å². The number of nitrogens with one attached hydrogen (secondary N) is 5. The number of benzene rings is 2. The predicted octanol–water partition coefficient (Wildman–Crippen LogP) is 6.23. The second-order valence-electron chi connectivity index (χ2n) is 14.3. The first-order chi connectivity index (χ1) is 25.0. The fourth-order valence-corrected chi connectivity index (χ4v) is 7.51. The van der Waals surface area contributed by atoms with E-state index >= 15 is 0 Å². The zero-order chi connectivity index (χ0) is 37.4. The van der Waals surface area contributed by atoms with E-state index < -0.39 is 35.5 Å². The highest BCUT2D eigenvalue weighted by Crippen LogP contribution is 2.40. The van der Waals surface area contributed by atoms with E-state index in [0.29, 0.717) is 65.9 Å². The van der Waals surface area contributed by atoms with E-state index in [1.807, 2.05) is 58.0 Å². The van der Waals surface area contributed by atoms with Crippen LogP contribution in [0.2, 0.25) is 10.0 Å². The van der Waals surface area contributed by atoms with Crippen LogP contribution in [0.1, 0.15) is 76.6 Å². The monoisotopic (exact) mass is 755 g/mol. The van der Waals surface area contributed by atoms with Crippen LogP contribution in [0.4, 0.5) is 4.79 Å². The number of fused-ring (bicyclic) bond motifs is 3. The molecule has 13 heteroatoms. The summed E-state index contributed by atoms with van der Waals surface area (Å²) in [6, 6.07) is 10.8. The molecule has 2 aliphatic rings. The van der Waals surface area contributed by atoms with E-state index in [4.69, 9.17) is 32.7 Å². The van der Waals surface area contributed by atoms with E-state index in [-0.39, 0.29) is 37.2 Å². The highest BCUT2D eigenvalue weighted by molar-refractivity contribution is 6.40. The zero-order valence-electron chi connectivity index (χ0n) is 30.4. The maximum atomic E-state index is 14.8. The molecule has 0 spiro atoms. The van der Waals surface area contributed by atoms with Crippen LogP contribution in [0.25, 0.3) is 10.9 Å². The van der Waals surface area contributed by atoms with Crippen molar-refractivity contribution in [3.8, 4) is 0 Å². The summed E-state index contributed by atoms with van der Waals surface area (Å²) in [5.74, 6) is -1.47. The lowest BCUT2D eigenvalue weighted by atomic mass is 9.78. The number of H-pyrrole nitrogens is 1. The number of carbonyl (C=O) groups excluding carboxylic acids is 4. The third kappa shape index (κ3) is 9.22. The molecule has 1 aliphatic carbocycles. The summed E-state index contributed by atoms with van der Waals surface area (Å²) >= 11 is 13.3. The van der Waals surface area contributed by atoms with Crippen LogP contribution in [-0.4, -0.2) is 66.2 Å². The minimum Gasteiger partial charge on any atom is -0.445 e. The third-order valence-electron chi connectivity index (χ3n) is 10.8. The van der Waals surface area contributed by atoms with Crippen molar-refractivity contribution in [3.63, 3.8) is 0 Å². The lowest BCUT2D eigenvalue weighted by Crippen LogP contribution is -2.67. The molecule has 2 heterocycles. The first-order valence-corrected chi connectivity index (χ1v) is 19.1. The van der Waals surface area contributed by atoms with Crippen LogP contribution in [0, 0.1) is 17.8 Å². The Morgan fingerprint density at radius 3 is 2.25 bits per heavy atom. The lowest BCUT2D eigenvalue weighted by Gasteiger charge is -2.39. The molecular weight excluding hydrogens is 705 g/mol. The Hall–Kier alpha value is -3.80. The Balaban J connectivity index is 1.43. The number of rotatable bonds is 14. The van der Waals surface area contributed by atoms with Crippen LogP contribution >= 0.6 is 23.2 Å². The number of aromatic nitrogens is 1. The first-order valence-electron chi connectivity index (χ1n) is 18.4. The molecule has 5 N–H and O–H groups in total. The van der Waals surface area contributed by atoms with Gasteiger partial charge in [0.15, 0.2) is 0 Å². The van der Waals surface area contributed by atoms with Gasteiger partial charge < -0.3 is 35.7 Å². The quantitative estimate of drug-likeness (QED) is 0.132. The largest absolute Gasteiger partial charge is 0.445 e. The number of halogens is 2. The molecule has 4 amide bonds. The smallest absolute Gasteiger partial charge is 0.408 e. The van der Waals surface area contributed by atoms with Gasteiger partial charge >= 0.3 is 6.09 Å². The minimum absolute atomic E-state index is 0.0358. The summed E-state index contributed by atoms with van der Waals surface area (Å²) < 4.78 is 10.9. The normalized spacial score (nSPS) is 19.8. The Bertz CT molecular complexity index is 1730. The van der Waals surface area contributed by atoms with Gasteiger partial charge in [-0.25, -0.2) is 4.79 Å². The molecule has 0 bridgehead atoms. The van der Waals surface area contributed by atoms with Crippen molar-refractivity contribution in [1.82, 2.24) is 26.3 Å². The molecule has 1 fully saturated rings. The topological polar surface area (TPSA) is 151 Å². The number of aryl methyl sites for hydroxylation is 1. The molecule has 1 aromatic heterocycles. The fraction of sp³-hybridized carbons (Fsp3) is 0.538. The van der Waals surface area contributed by atoms with Crippen LogP contribution < -0.4 is 21.3 Å². The van der Waals surface area contributed by atoms with Crippen molar-refractivity contribution >= 4 is 57.9 Å². The Kier molecular flexibility index (Phi) is 13.5. The zero-order valence-corrected chi connectivity index (χ0v) is 31.9. The molecular formula is C39H51Cl2N5O6. The van der Waals surface area contributed by atoms with Crippen LogP contribution in [-0.2, 0) is 43.3 Å². The summed E-state index contributed by atoms with van der Waals surface area (Å²) in [4.78, 5) is 59.2. The second kappa shape index (κ2) is 17.8. The molecule has 282 valence electrons. The summed E-state index contributed by atoms with van der Waals surface area (Å²) in [5.41, 5.74) is 1.62. The molecule has 0 radical (unpaired) electrons. The maximum absolute atomic E-state index is 14.8. The van der Waals surface area contributed by atoms with Gasteiger partial charge in [0.05, 0.1) is 15.6 Å². The second-order valence-corrected chi connectivity index (χ2v) is 15.1. The molecule has 11 nitrogen and oxygen atoms in total. The summed E-state index contributed by atoms with van der Waals surface area (Å²) in [6.45, 7) is 9.53. The maximum Gasteiger partial charge on any atom is 0.408 e. The molecule has 52 heavy (non-hydrogen) atoms. The number of ether oxygens (including phenoxy) is 2. The molecule has 1 aliphatic heterocycles. The van der Waals surface area contributed by atoms with Gasteiger partial charge in [-0.3, -0.25) is 14.4 Å². The summed E-state index contributed by atoms with van der Waals surface area (Å²) in [7, 11) is 0. The van der Waals surface area contributed by atoms with Crippen LogP contribution in [0.3, 0.4) is 0 Å². The summed E-state index contributed by atoms with van der Waals surface area (Å²) in [5, 5.41) is 13.6. The highest BCUT2D eigenvalue weighted by atomic mass is 35.5. The summed E-state index contributed by atoms with van der Waals surface area (Å²) in [6.07, 6.45) is 2.90. The predicted molar refractivity (Wildman–Crippen MR) is 202 cm³/mol. The number of hydrogen-bond acceptors (Lipinski definition) is 6. The molecule has 5 atom stereocenters. The van der Waals surface area contributed by atoms with E-state index in [1.165, 1.54) is 0 Å². The van der Waals surface area contributed by atoms with Gasteiger partial charge in [0, 0.05) is 37.3 Å². The lowest BCUT2D eigenvalue weighted by molar-refractivity contribution is -0.138. The van der Waals surface area contributed by atoms with Crippen molar-refractivity contribution in [2.24, 2.45) is 17.8 Å². The Morgan fingerprint density at radius 1 is 0.923 bits per heavy atom. The molecule has 0 saturated carbocycles. The Labute approximate surface area is 315 Å². The minimum atomic E-state index is -1.49. The van der Waals surface area contributed by atoms with Crippen LogP contribution in [0.5, 0.6) is 0 Å². The van der Waals surface area contributed by atoms with E-state index in [2.05, 4.69) is 26.3 Å². The molecule has 5 rings (SSSR count). The van der Waals surface area contributed by atoms with Crippen LogP contribution in [0.15, 0.2) is 42.5 Å². The van der Waals surface area contributed by atoms with Crippen molar-refractivity contribution in [2.45, 2.75) is 96.9 Å². The van der Waals surface area contributed by atoms with Crippen molar-refractivity contribution < 1.29 is 28.7 Å². The van der Waals surface area contributed by atoms with Gasteiger partial charge in [-0.05, 0) is 66.7 Å². The number of aromatic amines is 1. The van der Waals surface area contributed by atoms with Gasteiger partial charge in [-0.15, -0.1) is 0 Å². The first kappa shape index (κ1) is 39.4. The third-order valence-corrected chi connectivity index (χ3v) is 11.4. The molecule has 2 aromatic carbocycles. The van der Waals surface area contributed by atoms with Gasteiger partial charge in [-0.1, -0.05) is 94.1 Å². The molecule has 2 unspecified atom stereocenters. The number of alkyl carbamates (subject to hydrolysis) is 1. The fourth-order valence-electron chi connectivity index (χ4n) is 7.03. The number of carbonyl (C=O) groups is 4. The molecule has 1 saturated heterocycles. The van der Waals surface area contributed by atoms with Gasteiger partial charge in [-0.2, -0.15) is 0 Å². The average Bonchev–Trinajstić information content (AvgIpc) is 3.55. The van der Waals surface area contributed by atoms with Crippen molar-refractivity contribution in [1.29, 1.82) is 0 Å². The number of hydrogen-bond donors (Lipinski definition) is 5. The highest BCUT2D eigenvalue weighted by Gasteiger charge is 2.47. The van der Waals surface area contributed by atoms with Gasteiger partial charge in [0.25, 0.3) is 0 Å². The van der Waals surface area contributed by atoms with Crippen molar-refractivity contribution in [2.75, 3.05) is 19.8 Å². The van der Waals surface area contributed by atoms with E-state index in [9.17, 15) is 19.2 Å². The van der Waals surface area contributed by atoms with E-state index in [1.54, 1.807) is 12.1 Å². The SMILES string of the molecule is CCC(C)[C@H](NC(=O)OCc1ccccc1)C(=O)N[C@]1(C(=O)N[C@H](C(=O)NCC2CCOCC2)C(C)CC)CCc2[nH]c3c(Cl)ccc(Cl)c3c2C1. The number of amides is 4. The molecule has 3 aromatic rings. The Morgan fingerprint density at radius 2 is 1.58 bits per heavy atom. The van der Waals surface area contributed by atoms with Gasteiger partial charge in [0.2, 0.25) is 17.7 Å². The average molecular weight is 757 g/mol.